The molecule has 0 fully saturated rings. The Morgan fingerprint density at radius 2 is 1.32 bits per heavy atom. The Kier molecular flexibility index (Phi) is 8.09. The zero-order valence-electron chi connectivity index (χ0n) is 25.1. The molecule has 2 aromatic heterocycles. The highest BCUT2D eigenvalue weighted by Gasteiger charge is 2.54. The van der Waals surface area contributed by atoms with E-state index < -0.39 is 28.2 Å². The lowest BCUT2D eigenvalue weighted by Crippen LogP contribution is -2.65. The summed E-state index contributed by atoms with van der Waals surface area (Å²) < 4.78 is 17.3. The molecule has 0 spiro atoms. The first-order valence-corrected chi connectivity index (χ1v) is 13.7. The lowest BCUT2D eigenvalue weighted by Gasteiger charge is -2.48. The summed E-state index contributed by atoms with van der Waals surface area (Å²) in [4.78, 5) is 24.7. The Hall–Kier alpha value is -4.05. The van der Waals surface area contributed by atoms with Crippen molar-refractivity contribution in [3.8, 4) is 22.8 Å². The first-order valence-electron chi connectivity index (χ1n) is 13.7. The van der Waals surface area contributed by atoms with Crippen molar-refractivity contribution in [3.05, 3.63) is 72.4 Å². The van der Waals surface area contributed by atoms with Crippen molar-refractivity contribution in [2.24, 2.45) is 16.6 Å². The van der Waals surface area contributed by atoms with Crippen LogP contribution in [0.15, 0.2) is 69.7 Å². The minimum Gasteiger partial charge on any atom is -0.444 e. The molecule has 0 aliphatic heterocycles. The van der Waals surface area contributed by atoms with Gasteiger partial charge in [-0.05, 0) is 26.2 Å². The zero-order chi connectivity index (χ0) is 30.1. The predicted molar refractivity (Wildman–Crippen MR) is 155 cm³/mol. The minimum atomic E-state index is -1.53. The Morgan fingerprint density at radius 1 is 0.805 bits per heavy atom. The quantitative estimate of drug-likeness (QED) is 0.241. The third kappa shape index (κ3) is 6.82. The van der Waals surface area contributed by atoms with E-state index >= 15 is 0 Å². The fraction of sp³-hybridized carbons (Fsp3) is 0.452. The number of nitrogens with zero attached hydrogens (tertiary/aromatic N) is 5. The molecule has 0 bridgehead atoms. The molecule has 2 heterocycles. The van der Waals surface area contributed by atoms with Crippen molar-refractivity contribution >= 4 is 6.09 Å². The second kappa shape index (κ2) is 11.1. The van der Waals surface area contributed by atoms with Crippen LogP contribution in [0.4, 0.5) is 4.79 Å². The fourth-order valence-corrected chi connectivity index (χ4v) is 4.50. The zero-order valence-corrected chi connectivity index (χ0v) is 25.1. The summed E-state index contributed by atoms with van der Waals surface area (Å²) in [6.45, 7) is 15.4. The summed E-state index contributed by atoms with van der Waals surface area (Å²) in [5.74, 6) is 1.43. The van der Waals surface area contributed by atoms with Crippen LogP contribution in [-0.4, -0.2) is 43.4 Å². The van der Waals surface area contributed by atoms with Crippen LogP contribution in [0, 0.1) is 10.8 Å². The second-order valence-corrected chi connectivity index (χ2v) is 13.1. The molecule has 10 nitrogen and oxygen atoms in total. The fourth-order valence-electron chi connectivity index (χ4n) is 4.50. The average Bonchev–Trinajstić information content (AvgIpc) is 3.56. The Labute approximate surface area is 241 Å². The number of ether oxygens (including phenoxy) is 1. The SMILES string of the molecule is CC(C)(Cc1nc(-c2ccccc2)no1)CN(C(=O)OC(C)(C)C)C(N)(c1nc(-c2ccccc2)no1)C(C)(C)C. The number of amides is 1. The van der Waals surface area contributed by atoms with Gasteiger partial charge in [0, 0.05) is 29.5 Å². The van der Waals surface area contributed by atoms with Gasteiger partial charge in [-0.1, -0.05) is 106 Å². The maximum Gasteiger partial charge on any atom is 0.412 e. The van der Waals surface area contributed by atoms with E-state index in [4.69, 9.17) is 19.5 Å². The van der Waals surface area contributed by atoms with E-state index in [-0.39, 0.29) is 12.4 Å². The van der Waals surface area contributed by atoms with Crippen LogP contribution in [0.1, 0.15) is 67.2 Å². The van der Waals surface area contributed by atoms with Crippen molar-refractivity contribution < 1.29 is 18.6 Å². The largest absolute Gasteiger partial charge is 0.444 e. The third-order valence-electron chi connectivity index (χ3n) is 6.68. The molecule has 218 valence electrons. The normalized spacial score (nSPS) is 14.0. The number of carbonyl (C=O) groups is 1. The van der Waals surface area contributed by atoms with Gasteiger partial charge in [0.05, 0.1) is 0 Å². The summed E-state index contributed by atoms with van der Waals surface area (Å²) in [7, 11) is 0. The highest BCUT2D eigenvalue weighted by atomic mass is 16.6. The van der Waals surface area contributed by atoms with Crippen molar-refractivity contribution in [1.82, 2.24) is 25.2 Å². The highest BCUT2D eigenvalue weighted by molar-refractivity contribution is 5.69. The molecule has 0 saturated heterocycles. The van der Waals surface area contributed by atoms with Gasteiger partial charge in [-0.2, -0.15) is 9.97 Å². The number of hydrogen-bond acceptors (Lipinski definition) is 9. The van der Waals surface area contributed by atoms with E-state index in [0.717, 1.165) is 11.1 Å². The van der Waals surface area contributed by atoms with Gasteiger partial charge in [-0.3, -0.25) is 4.90 Å². The maximum atomic E-state index is 13.9. The summed E-state index contributed by atoms with van der Waals surface area (Å²) in [6.07, 6.45) is -0.219. The van der Waals surface area contributed by atoms with Crippen LogP contribution in [0.3, 0.4) is 0 Å². The number of hydrogen-bond donors (Lipinski definition) is 1. The molecule has 10 heteroatoms. The Morgan fingerprint density at radius 3 is 1.83 bits per heavy atom. The van der Waals surface area contributed by atoms with E-state index in [1.807, 2.05) is 116 Å². The molecule has 0 aliphatic rings. The maximum absolute atomic E-state index is 13.9. The lowest BCUT2D eigenvalue weighted by atomic mass is 9.77. The molecule has 1 amide bonds. The van der Waals surface area contributed by atoms with Gasteiger partial charge in [0.25, 0.3) is 5.89 Å². The van der Waals surface area contributed by atoms with Crippen LogP contribution in [0.2, 0.25) is 0 Å². The molecule has 4 aromatic rings. The monoisotopic (exact) mass is 560 g/mol. The summed E-state index contributed by atoms with van der Waals surface area (Å²) in [5, 5.41) is 8.35. The minimum absolute atomic E-state index is 0.106. The van der Waals surface area contributed by atoms with Gasteiger partial charge < -0.3 is 19.5 Å². The predicted octanol–water partition coefficient (Wildman–Crippen LogP) is 6.45. The van der Waals surface area contributed by atoms with Crippen LogP contribution in [-0.2, 0) is 16.8 Å². The van der Waals surface area contributed by atoms with Crippen LogP contribution >= 0.6 is 0 Å². The molecule has 0 saturated carbocycles. The van der Waals surface area contributed by atoms with Crippen LogP contribution in [0.25, 0.3) is 22.8 Å². The summed E-state index contributed by atoms with van der Waals surface area (Å²) >= 11 is 0. The Bertz CT molecular complexity index is 1450. The molecule has 4 rings (SSSR count). The van der Waals surface area contributed by atoms with Crippen molar-refractivity contribution in [1.29, 1.82) is 0 Å². The van der Waals surface area contributed by atoms with Crippen molar-refractivity contribution in [2.45, 2.75) is 73.1 Å². The van der Waals surface area contributed by atoms with Gasteiger partial charge in [0.1, 0.15) is 5.60 Å². The first kappa shape index (κ1) is 29.9. The topological polar surface area (TPSA) is 133 Å². The molecule has 0 radical (unpaired) electrons. The van der Waals surface area contributed by atoms with E-state index in [9.17, 15) is 4.79 Å². The summed E-state index contributed by atoms with van der Waals surface area (Å²) in [5.41, 5.74) is 5.22. The molecule has 0 aliphatic carbocycles. The molecule has 1 unspecified atom stereocenters. The van der Waals surface area contributed by atoms with Crippen molar-refractivity contribution in [3.63, 3.8) is 0 Å². The van der Waals surface area contributed by atoms with E-state index in [1.54, 1.807) is 0 Å². The van der Waals surface area contributed by atoms with Gasteiger partial charge in [-0.15, -0.1) is 0 Å². The smallest absolute Gasteiger partial charge is 0.412 e. The van der Waals surface area contributed by atoms with Crippen molar-refractivity contribution in [2.75, 3.05) is 6.54 Å². The van der Waals surface area contributed by atoms with E-state index in [2.05, 4.69) is 20.3 Å². The highest BCUT2D eigenvalue weighted by Crippen LogP contribution is 2.42. The molecular formula is C31H40N6O4. The molecule has 2 aromatic carbocycles. The third-order valence-corrected chi connectivity index (χ3v) is 6.68. The summed E-state index contributed by atoms with van der Waals surface area (Å²) in [6, 6.07) is 19.1. The van der Waals surface area contributed by atoms with Gasteiger partial charge in [0.15, 0.2) is 5.66 Å². The van der Waals surface area contributed by atoms with E-state index in [1.165, 1.54) is 4.90 Å². The average molecular weight is 561 g/mol. The lowest BCUT2D eigenvalue weighted by molar-refractivity contribution is -0.0655. The van der Waals surface area contributed by atoms with Gasteiger partial charge in [-0.25, -0.2) is 4.79 Å². The van der Waals surface area contributed by atoms with Crippen LogP contribution in [0.5, 0.6) is 0 Å². The number of benzene rings is 2. The number of carbonyl (C=O) groups excluding carboxylic acids is 1. The number of nitrogens with two attached hydrogens (primary N) is 1. The van der Waals surface area contributed by atoms with Crippen LogP contribution < -0.4 is 5.73 Å². The molecule has 41 heavy (non-hydrogen) atoms. The second-order valence-electron chi connectivity index (χ2n) is 13.1. The Balaban J connectivity index is 1.71. The number of aromatic nitrogens is 4. The molecule has 1 atom stereocenters. The van der Waals surface area contributed by atoms with Gasteiger partial charge in [0.2, 0.25) is 17.5 Å². The standard InChI is InChI=1S/C31H40N6O4/c1-28(2,3)31(32,26-34-25(36-41-26)22-17-13-10-14-18-22)37(27(38)39-29(4,5)6)20-30(7,8)19-23-33-24(35-40-23)21-15-11-9-12-16-21/h9-18H,19-20,32H2,1-8H3. The van der Waals surface area contributed by atoms with E-state index in [0.29, 0.717) is 24.0 Å². The van der Waals surface area contributed by atoms with Gasteiger partial charge >= 0.3 is 6.09 Å². The number of rotatable bonds is 8. The first-order chi connectivity index (χ1) is 19.1. The molecule has 2 N–H and O–H groups in total. The molecular weight excluding hydrogens is 520 g/mol.